The minimum Gasteiger partial charge on any atom is -0.370 e. The van der Waals surface area contributed by atoms with Crippen LogP contribution in [0.1, 0.15) is 35.2 Å². The Morgan fingerprint density at radius 2 is 1.60 bits per heavy atom. The molecule has 0 aliphatic carbocycles. The van der Waals surface area contributed by atoms with Crippen LogP contribution in [-0.4, -0.2) is 19.0 Å². The molecule has 6 heteroatoms. The highest BCUT2D eigenvalue weighted by Gasteiger charge is 2.15. The summed E-state index contributed by atoms with van der Waals surface area (Å²) in [7, 11) is 0. The van der Waals surface area contributed by atoms with E-state index in [4.69, 9.17) is 5.73 Å². The Balaban J connectivity index is 0.00000156. The van der Waals surface area contributed by atoms with Crippen molar-refractivity contribution < 1.29 is 4.79 Å². The fraction of sp³-hybridized carbons (Fsp3) is 0.316. The second kappa shape index (κ2) is 10.3. The van der Waals surface area contributed by atoms with Crippen molar-refractivity contribution in [2.24, 2.45) is 5.73 Å². The summed E-state index contributed by atoms with van der Waals surface area (Å²) < 4.78 is 0. The number of rotatable bonds is 4. The van der Waals surface area contributed by atoms with Gasteiger partial charge in [0.1, 0.15) is 0 Å². The fourth-order valence-corrected chi connectivity index (χ4v) is 2.98. The SMILES string of the molecule is Cl.Cl.NCc1ccc(C(=O)Nc2ccccc2N2CCCCC2)cc1. The van der Waals surface area contributed by atoms with E-state index in [0.717, 1.165) is 30.0 Å². The van der Waals surface area contributed by atoms with Crippen LogP contribution < -0.4 is 16.0 Å². The number of piperidine rings is 1. The zero-order chi connectivity index (χ0) is 16.1. The van der Waals surface area contributed by atoms with E-state index in [9.17, 15) is 4.79 Å². The number of hydrogen-bond acceptors (Lipinski definition) is 3. The summed E-state index contributed by atoms with van der Waals surface area (Å²) in [6.07, 6.45) is 3.71. The molecular weight excluding hydrogens is 357 g/mol. The average molecular weight is 382 g/mol. The molecule has 0 bridgehead atoms. The number of nitrogens with zero attached hydrogens (tertiary/aromatic N) is 1. The molecule has 2 aromatic carbocycles. The van der Waals surface area contributed by atoms with E-state index >= 15 is 0 Å². The zero-order valence-corrected chi connectivity index (χ0v) is 15.7. The van der Waals surface area contributed by atoms with Crippen LogP contribution in [0.4, 0.5) is 11.4 Å². The Hall–Kier alpha value is -1.75. The van der Waals surface area contributed by atoms with Crippen molar-refractivity contribution >= 4 is 42.1 Å². The lowest BCUT2D eigenvalue weighted by molar-refractivity contribution is 0.102. The summed E-state index contributed by atoms with van der Waals surface area (Å²) in [5, 5.41) is 3.05. The first kappa shape index (κ1) is 21.3. The standard InChI is InChI=1S/C19H23N3O.2ClH/c20-14-15-8-10-16(11-9-15)19(23)21-17-6-2-3-7-18(17)22-12-4-1-5-13-22;;/h2-3,6-11H,1,4-5,12-14,20H2,(H,21,23);2*1H. The summed E-state index contributed by atoms with van der Waals surface area (Å²) in [4.78, 5) is 14.8. The first-order valence-electron chi connectivity index (χ1n) is 8.22. The quantitative estimate of drug-likeness (QED) is 0.832. The highest BCUT2D eigenvalue weighted by atomic mass is 35.5. The number of anilines is 2. The van der Waals surface area contributed by atoms with Gasteiger partial charge in [0.25, 0.3) is 5.91 Å². The third kappa shape index (κ3) is 5.36. The minimum absolute atomic E-state index is 0. The summed E-state index contributed by atoms with van der Waals surface area (Å²) >= 11 is 0. The lowest BCUT2D eigenvalue weighted by Gasteiger charge is -2.30. The summed E-state index contributed by atoms with van der Waals surface area (Å²) in [5.74, 6) is -0.0852. The summed E-state index contributed by atoms with van der Waals surface area (Å²) in [6, 6.07) is 15.5. The molecule has 2 aromatic rings. The van der Waals surface area contributed by atoms with Crippen molar-refractivity contribution in [2.45, 2.75) is 25.8 Å². The molecule has 1 amide bonds. The van der Waals surface area contributed by atoms with Crippen LogP contribution in [0, 0.1) is 0 Å². The van der Waals surface area contributed by atoms with Gasteiger partial charge in [-0.05, 0) is 49.1 Å². The van der Waals surface area contributed by atoms with E-state index in [0.29, 0.717) is 12.1 Å². The van der Waals surface area contributed by atoms with Crippen molar-refractivity contribution in [2.75, 3.05) is 23.3 Å². The van der Waals surface area contributed by atoms with Crippen LogP contribution in [0.5, 0.6) is 0 Å². The Labute approximate surface area is 161 Å². The molecule has 3 rings (SSSR count). The molecule has 0 atom stereocenters. The molecule has 25 heavy (non-hydrogen) atoms. The van der Waals surface area contributed by atoms with E-state index in [2.05, 4.69) is 16.3 Å². The van der Waals surface area contributed by atoms with Crippen LogP contribution in [0.25, 0.3) is 0 Å². The van der Waals surface area contributed by atoms with E-state index in [1.165, 1.54) is 19.3 Å². The molecule has 0 aromatic heterocycles. The average Bonchev–Trinajstić information content (AvgIpc) is 2.63. The molecule has 3 N–H and O–H groups in total. The molecule has 1 saturated heterocycles. The van der Waals surface area contributed by atoms with Gasteiger partial charge in [-0.1, -0.05) is 24.3 Å². The highest BCUT2D eigenvalue weighted by Crippen LogP contribution is 2.28. The van der Waals surface area contributed by atoms with Gasteiger partial charge in [0.15, 0.2) is 0 Å². The van der Waals surface area contributed by atoms with Crippen molar-refractivity contribution in [3.05, 3.63) is 59.7 Å². The molecule has 0 saturated carbocycles. The van der Waals surface area contributed by atoms with Gasteiger partial charge < -0.3 is 16.0 Å². The first-order valence-corrected chi connectivity index (χ1v) is 8.22. The predicted molar refractivity (Wildman–Crippen MR) is 109 cm³/mol. The van der Waals surface area contributed by atoms with Gasteiger partial charge in [-0.2, -0.15) is 0 Å². The molecule has 0 spiro atoms. The minimum atomic E-state index is -0.0852. The maximum Gasteiger partial charge on any atom is 0.255 e. The van der Waals surface area contributed by atoms with Crippen molar-refractivity contribution in [1.29, 1.82) is 0 Å². The zero-order valence-electron chi connectivity index (χ0n) is 14.1. The molecule has 4 nitrogen and oxygen atoms in total. The molecule has 1 fully saturated rings. The number of hydrogen-bond donors (Lipinski definition) is 2. The van der Waals surface area contributed by atoms with E-state index < -0.39 is 0 Å². The molecule has 0 unspecified atom stereocenters. The Morgan fingerprint density at radius 1 is 0.960 bits per heavy atom. The van der Waals surface area contributed by atoms with Gasteiger partial charge >= 0.3 is 0 Å². The second-order valence-electron chi connectivity index (χ2n) is 5.92. The monoisotopic (exact) mass is 381 g/mol. The largest absolute Gasteiger partial charge is 0.370 e. The maximum absolute atomic E-state index is 12.5. The summed E-state index contributed by atoms with van der Waals surface area (Å²) in [5.41, 5.74) is 9.26. The van der Waals surface area contributed by atoms with Crippen LogP contribution in [-0.2, 0) is 6.54 Å². The van der Waals surface area contributed by atoms with Crippen LogP contribution in [0.2, 0.25) is 0 Å². The van der Waals surface area contributed by atoms with Crippen molar-refractivity contribution in [3.8, 4) is 0 Å². The fourth-order valence-electron chi connectivity index (χ4n) is 2.98. The van der Waals surface area contributed by atoms with Crippen LogP contribution >= 0.6 is 24.8 Å². The van der Waals surface area contributed by atoms with E-state index in [1.54, 1.807) is 0 Å². The number of carbonyl (C=O) groups excluding carboxylic acids is 1. The maximum atomic E-state index is 12.5. The van der Waals surface area contributed by atoms with Crippen LogP contribution in [0.15, 0.2) is 48.5 Å². The van der Waals surface area contributed by atoms with Gasteiger partial charge in [0.2, 0.25) is 0 Å². The van der Waals surface area contributed by atoms with Gasteiger partial charge in [-0.15, -0.1) is 24.8 Å². The second-order valence-corrected chi connectivity index (χ2v) is 5.92. The third-order valence-corrected chi connectivity index (χ3v) is 4.30. The summed E-state index contributed by atoms with van der Waals surface area (Å²) in [6.45, 7) is 2.59. The number of carbonyl (C=O) groups is 1. The topological polar surface area (TPSA) is 58.4 Å². The number of para-hydroxylation sites is 2. The smallest absolute Gasteiger partial charge is 0.255 e. The predicted octanol–water partition coefficient (Wildman–Crippen LogP) is 4.23. The van der Waals surface area contributed by atoms with Crippen LogP contribution in [0.3, 0.4) is 0 Å². The number of amides is 1. The third-order valence-electron chi connectivity index (χ3n) is 4.30. The number of nitrogens with one attached hydrogen (secondary N) is 1. The van der Waals surface area contributed by atoms with Crippen molar-refractivity contribution in [3.63, 3.8) is 0 Å². The van der Waals surface area contributed by atoms with Gasteiger partial charge in [-0.3, -0.25) is 4.79 Å². The lowest BCUT2D eigenvalue weighted by Crippen LogP contribution is -2.30. The molecule has 136 valence electrons. The van der Waals surface area contributed by atoms with E-state index in [1.807, 2.05) is 42.5 Å². The molecule has 1 aliphatic rings. The number of halogens is 2. The Morgan fingerprint density at radius 3 is 2.24 bits per heavy atom. The number of nitrogens with two attached hydrogens (primary N) is 1. The van der Waals surface area contributed by atoms with E-state index in [-0.39, 0.29) is 30.7 Å². The van der Waals surface area contributed by atoms with Gasteiger partial charge in [0, 0.05) is 25.2 Å². The molecule has 0 radical (unpaired) electrons. The lowest BCUT2D eigenvalue weighted by atomic mass is 10.1. The molecule has 1 heterocycles. The first-order chi connectivity index (χ1) is 11.3. The van der Waals surface area contributed by atoms with Gasteiger partial charge in [0.05, 0.1) is 11.4 Å². The van der Waals surface area contributed by atoms with Crippen molar-refractivity contribution in [1.82, 2.24) is 0 Å². The Kier molecular flexibility index (Phi) is 8.76. The normalized spacial score (nSPS) is 13.4. The Bertz CT molecular complexity index is 671. The number of benzene rings is 2. The van der Waals surface area contributed by atoms with Gasteiger partial charge in [-0.25, -0.2) is 0 Å². The molecular formula is C19H25Cl2N3O. The highest BCUT2D eigenvalue weighted by molar-refractivity contribution is 6.06. The molecule has 1 aliphatic heterocycles.